The zero-order valence-corrected chi connectivity index (χ0v) is 13.7. The number of thiazole rings is 1. The minimum Gasteiger partial charge on any atom is -0.497 e. The Morgan fingerprint density at radius 1 is 1.29 bits per heavy atom. The molecule has 4 heteroatoms. The van der Waals surface area contributed by atoms with E-state index in [4.69, 9.17) is 9.72 Å². The number of ether oxygens (including phenoxy) is 1. The van der Waals surface area contributed by atoms with Crippen molar-refractivity contribution in [1.82, 2.24) is 10.3 Å². The second kappa shape index (κ2) is 6.16. The van der Waals surface area contributed by atoms with Crippen molar-refractivity contribution in [3.8, 4) is 16.3 Å². The van der Waals surface area contributed by atoms with Crippen molar-refractivity contribution in [3.63, 3.8) is 0 Å². The number of rotatable bonds is 6. The second-order valence-electron chi connectivity index (χ2n) is 5.87. The first kappa shape index (κ1) is 14.5. The molecular weight excluding hydrogens is 280 g/mol. The van der Waals surface area contributed by atoms with Crippen molar-refractivity contribution in [2.75, 3.05) is 7.11 Å². The lowest BCUT2D eigenvalue weighted by atomic mass is 10.1. The molecule has 0 unspecified atom stereocenters. The van der Waals surface area contributed by atoms with Crippen LogP contribution in [0.2, 0.25) is 0 Å². The van der Waals surface area contributed by atoms with E-state index < -0.39 is 0 Å². The Bertz CT molecular complexity index is 600. The van der Waals surface area contributed by atoms with Gasteiger partial charge in [-0.3, -0.25) is 0 Å². The number of nitrogens with one attached hydrogen (secondary N) is 1. The fourth-order valence-corrected chi connectivity index (χ4v) is 3.50. The van der Waals surface area contributed by atoms with Crippen molar-refractivity contribution in [2.24, 2.45) is 0 Å². The van der Waals surface area contributed by atoms with Crippen LogP contribution in [0.3, 0.4) is 0 Å². The fraction of sp³-hybridized carbons (Fsp3) is 0.471. The predicted octanol–water partition coefficient (Wildman–Crippen LogP) is 4.19. The van der Waals surface area contributed by atoms with Gasteiger partial charge in [0.1, 0.15) is 10.8 Å². The van der Waals surface area contributed by atoms with Crippen LogP contribution < -0.4 is 10.1 Å². The summed E-state index contributed by atoms with van der Waals surface area (Å²) in [5, 5.41) is 4.71. The van der Waals surface area contributed by atoms with E-state index >= 15 is 0 Å². The summed E-state index contributed by atoms with van der Waals surface area (Å²) in [6, 6.07) is 8.89. The van der Waals surface area contributed by atoms with Gasteiger partial charge >= 0.3 is 0 Å². The SMILES string of the molecule is COc1ccc(-c2nc(C(C)C)c(CNC3CC3)s2)cc1. The van der Waals surface area contributed by atoms with E-state index in [2.05, 4.69) is 31.3 Å². The quantitative estimate of drug-likeness (QED) is 0.868. The van der Waals surface area contributed by atoms with Crippen LogP contribution in [0, 0.1) is 0 Å². The molecule has 1 aliphatic rings. The standard InChI is InChI=1S/C17H22N2OS/c1-11(2)16-15(10-18-13-6-7-13)21-17(19-16)12-4-8-14(20-3)9-5-12/h4-5,8-9,11,13,18H,6-7,10H2,1-3H3. The molecule has 0 bridgehead atoms. The highest BCUT2D eigenvalue weighted by Crippen LogP contribution is 2.33. The highest BCUT2D eigenvalue weighted by Gasteiger charge is 2.22. The fourth-order valence-electron chi connectivity index (χ4n) is 2.32. The molecule has 1 N–H and O–H groups in total. The Kier molecular flexibility index (Phi) is 4.27. The maximum atomic E-state index is 5.22. The molecule has 1 saturated carbocycles. The van der Waals surface area contributed by atoms with E-state index in [9.17, 15) is 0 Å². The van der Waals surface area contributed by atoms with Crippen LogP contribution in [-0.4, -0.2) is 18.1 Å². The summed E-state index contributed by atoms with van der Waals surface area (Å²) >= 11 is 1.81. The predicted molar refractivity (Wildman–Crippen MR) is 88.1 cm³/mol. The molecule has 2 aromatic rings. The highest BCUT2D eigenvalue weighted by atomic mass is 32.1. The zero-order valence-electron chi connectivity index (χ0n) is 12.8. The summed E-state index contributed by atoms with van der Waals surface area (Å²) in [6.45, 7) is 5.38. The van der Waals surface area contributed by atoms with Gasteiger partial charge < -0.3 is 10.1 Å². The molecule has 1 fully saturated rings. The van der Waals surface area contributed by atoms with E-state index in [0.717, 1.165) is 23.3 Å². The third kappa shape index (κ3) is 3.44. The molecule has 0 spiro atoms. The molecule has 3 nitrogen and oxygen atoms in total. The monoisotopic (exact) mass is 302 g/mol. The Balaban J connectivity index is 1.84. The van der Waals surface area contributed by atoms with Crippen molar-refractivity contribution < 1.29 is 4.74 Å². The van der Waals surface area contributed by atoms with Crippen LogP contribution in [0.25, 0.3) is 10.6 Å². The Morgan fingerprint density at radius 2 is 2.00 bits per heavy atom. The zero-order chi connectivity index (χ0) is 14.8. The van der Waals surface area contributed by atoms with Gasteiger partial charge in [0.2, 0.25) is 0 Å². The molecular formula is C17H22N2OS. The summed E-state index contributed by atoms with van der Waals surface area (Å²) in [6.07, 6.45) is 2.64. The van der Waals surface area contributed by atoms with E-state index in [1.165, 1.54) is 29.0 Å². The van der Waals surface area contributed by atoms with Gasteiger partial charge in [0.05, 0.1) is 12.8 Å². The van der Waals surface area contributed by atoms with Gasteiger partial charge in [-0.1, -0.05) is 13.8 Å². The molecule has 3 rings (SSSR count). The molecule has 0 saturated heterocycles. The van der Waals surface area contributed by atoms with E-state index in [1.807, 2.05) is 23.5 Å². The van der Waals surface area contributed by atoms with E-state index in [0.29, 0.717) is 5.92 Å². The van der Waals surface area contributed by atoms with Gasteiger partial charge in [-0.15, -0.1) is 11.3 Å². The lowest BCUT2D eigenvalue weighted by molar-refractivity contribution is 0.415. The number of benzene rings is 1. The molecule has 1 aliphatic carbocycles. The smallest absolute Gasteiger partial charge is 0.123 e. The Morgan fingerprint density at radius 3 is 2.57 bits per heavy atom. The third-order valence-electron chi connectivity index (χ3n) is 3.74. The van der Waals surface area contributed by atoms with E-state index in [-0.39, 0.29) is 0 Å². The summed E-state index contributed by atoms with van der Waals surface area (Å²) in [5.74, 6) is 1.35. The third-order valence-corrected chi connectivity index (χ3v) is 4.86. The molecule has 1 aromatic heterocycles. The Labute approximate surface area is 130 Å². The molecule has 0 amide bonds. The number of hydrogen-bond donors (Lipinski definition) is 1. The summed E-state index contributed by atoms with van der Waals surface area (Å²) in [5.41, 5.74) is 2.40. The van der Waals surface area contributed by atoms with Gasteiger partial charge in [0.15, 0.2) is 0 Å². The maximum Gasteiger partial charge on any atom is 0.123 e. The first-order chi connectivity index (χ1) is 10.2. The Hall–Kier alpha value is -1.39. The van der Waals surface area contributed by atoms with E-state index in [1.54, 1.807) is 7.11 Å². The van der Waals surface area contributed by atoms with Crippen LogP contribution >= 0.6 is 11.3 Å². The van der Waals surface area contributed by atoms with Crippen LogP contribution in [0.15, 0.2) is 24.3 Å². The average Bonchev–Trinajstić information content (AvgIpc) is 3.23. The van der Waals surface area contributed by atoms with Gasteiger partial charge in [0, 0.05) is 23.0 Å². The van der Waals surface area contributed by atoms with Crippen molar-refractivity contribution >= 4 is 11.3 Å². The van der Waals surface area contributed by atoms with Gasteiger partial charge in [-0.2, -0.15) is 0 Å². The van der Waals surface area contributed by atoms with Gasteiger partial charge in [0.25, 0.3) is 0 Å². The lowest BCUT2D eigenvalue weighted by Crippen LogP contribution is -2.15. The van der Waals surface area contributed by atoms with Crippen LogP contribution in [0.4, 0.5) is 0 Å². The molecule has 0 atom stereocenters. The summed E-state index contributed by atoms with van der Waals surface area (Å²) in [7, 11) is 1.69. The van der Waals surface area contributed by atoms with Gasteiger partial charge in [-0.25, -0.2) is 4.98 Å². The van der Waals surface area contributed by atoms with Crippen LogP contribution in [0.1, 0.15) is 43.2 Å². The number of hydrogen-bond acceptors (Lipinski definition) is 4. The summed E-state index contributed by atoms with van der Waals surface area (Å²) in [4.78, 5) is 6.25. The van der Waals surface area contributed by atoms with Crippen molar-refractivity contribution in [3.05, 3.63) is 34.8 Å². The minimum atomic E-state index is 0.462. The normalized spacial score (nSPS) is 14.7. The molecule has 21 heavy (non-hydrogen) atoms. The van der Waals surface area contributed by atoms with Crippen LogP contribution in [0.5, 0.6) is 5.75 Å². The molecule has 0 radical (unpaired) electrons. The second-order valence-corrected chi connectivity index (χ2v) is 6.95. The molecule has 1 aromatic carbocycles. The van der Waals surface area contributed by atoms with Crippen LogP contribution in [-0.2, 0) is 6.54 Å². The first-order valence-corrected chi connectivity index (χ1v) is 8.36. The number of nitrogens with zero attached hydrogens (tertiary/aromatic N) is 1. The number of aromatic nitrogens is 1. The average molecular weight is 302 g/mol. The summed E-state index contributed by atoms with van der Waals surface area (Å²) < 4.78 is 5.22. The highest BCUT2D eigenvalue weighted by molar-refractivity contribution is 7.15. The van der Waals surface area contributed by atoms with Crippen molar-refractivity contribution in [2.45, 2.75) is 45.2 Å². The molecule has 1 heterocycles. The first-order valence-electron chi connectivity index (χ1n) is 7.54. The lowest BCUT2D eigenvalue weighted by Gasteiger charge is -2.05. The topological polar surface area (TPSA) is 34.1 Å². The number of methoxy groups -OCH3 is 1. The largest absolute Gasteiger partial charge is 0.497 e. The minimum absolute atomic E-state index is 0.462. The van der Waals surface area contributed by atoms with Gasteiger partial charge in [-0.05, 0) is 43.0 Å². The molecule has 112 valence electrons. The maximum absolute atomic E-state index is 5.22. The van der Waals surface area contributed by atoms with Crippen molar-refractivity contribution in [1.29, 1.82) is 0 Å². The molecule has 0 aliphatic heterocycles.